The maximum atomic E-state index is 13.2. The second-order valence-electron chi connectivity index (χ2n) is 8.02. The normalized spacial score (nSPS) is 11.4. The number of pyridine rings is 1. The fourth-order valence-electron chi connectivity index (χ4n) is 3.91. The number of hydrazone groups is 1. The fraction of sp³-hybridized carbons (Fsp3) is 0.0333. The van der Waals surface area contributed by atoms with Gasteiger partial charge in [0.05, 0.1) is 22.5 Å². The smallest absolute Gasteiger partial charge is 0.267 e. The van der Waals surface area contributed by atoms with Crippen LogP contribution in [0.3, 0.4) is 0 Å². The predicted molar refractivity (Wildman–Crippen MR) is 139 cm³/mol. The first-order chi connectivity index (χ1) is 16.7. The second-order valence-corrected chi connectivity index (χ2v) is 8.02. The van der Waals surface area contributed by atoms with Gasteiger partial charge in [-0.3, -0.25) is 4.79 Å². The molecule has 0 unspecified atom stereocenters. The maximum absolute atomic E-state index is 13.2. The molecule has 0 atom stereocenters. The highest BCUT2D eigenvalue weighted by atomic mass is 16.2. The van der Waals surface area contributed by atoms with Crippen LogP contribution < -0.4 is 5.43 Å². The lowest BCUT2D eigenvalue weighted by molar-refractivity contribution is 0.0956. The van der Waals surface area contributed by atoms with E-state index in [1.54, 1.807) is 0 Å². The SMILES string of the molecule is C/C(=N/NC(=O)c1cc(-c2ccccc2)nc2ccccc12)c1ccc(-c2ccccc2)cc1. The Labute approximate surface area is 198 Å². The largest absolute Gasteiger partial charge is 0.272 e. The van der Waals surface area contributed by atoms with Crippen molar-refractivity contribution in [2.75, 3.05) is 0 Å². The fourth-order valence-corrected chi connectivity index (χ4v) is 3.91. The molecule has 0 radical (unpaired) electrons. The summed E-state index contributed by atoms with van der Waals surface area (Å²) >= 11 is 0. The molecule has 4 aromatic carbocycles. The van der Waals surface area contributed by atoms with Gasteiger partial charge in [0.2, 0.25) is 0 Å². The van der Waals surface area contributed by atoms with Crippen molar-refractivity contribution in [1.82, 2.24) is 10.4 Å². The Kier molecular flexibility index (Phi) is 5.95. The van der Waals surface area contributed by atoms with Crippen LogP contribution in [-0.2, 0) is 0 Å². The van der Waals surface area contributed by atoms with E-state index in [2.05, 4.69) is 34.8 Å². The molecule has 0 aliphatic heterocycles. The lowest BCUT2D eigenvalue weighted by Crippen LogP contribution is -2.20. The number of rotatable bonds is 5. The van der Waals surface area contributed by atoms with Crippen LogP contribution in [0.2, 0.25) is 0 Å². The van der Waals surface area contributed by atoms with Crippen LogP contribution in [0.5, 0.6) is 0 Å². The Bertz CT molecular complexity index is 1470. The summed E-state index contributed by atoms with van der Waals surface area (Å²) in [4.78, 5) is 17.9. The van der Waals surface area contributed by atoms with E-state index in [1.807, 2.05) is 97.9 Å². The van der Waals surface area contributed by atoms with Crippen molar-refractivity contribution in [2.45, 2.75) is 6.92 Å². The molecule has 34 heavy (non-hydrogen) atoms. The zero-order valence-corrected chi connectivity index (χ0v) is 18.8. The van der Waals surface area contributed by atoms with Gasteiger partial charge in [0.25, 0.3) is 5.91 Å². The van der Waals surface area contributed by atoms with Crippen molar-refractivity contribution in [1.29, 1.82) is 0 Å². The summed E-state index contributed by atoms with van der Waals surface area (Å²) in [5, 5.41) is 5.17. The average molecular weight is 442 g/mol. The minimum absolute atomic E-state index is 0.268. The van der Waals surface area contributed by atoms with Crippen LogP contribution in [0.15, 0.2) is 120 Å². The summed E-state index contributed by atoms with van der Waals surface area (Å²) in [5.41, 5.74) is 9.74. The number of aromatic nitrogens is 1. The third-order valence-electron chi connectivity index (χ3n) is 5.77. The maximum Gasteiger partial charge on any atom is 0.272 e. The van der Waals surface area contributed by atoms with E-state index in [9.17, 15) is 4.79 Å². The van der Waals surface area contributed by atoms with E-state index in [1.165, 1.54) is 0 Å². The molecule has 0 aliphatic carbocycles. The van der Waals surface area contributed by atoms with Gasteiger partial charge >= 0.3 is 0 Å². The van der Waals surface area contributed by atoms with Gasteiger partial charge in [-0.1, -0.05) is 103 Å². The average Bonchev–Trinajstić information content (AvgIpc) is 2.92. The molecule has 1 amide bonds. The Morgan fingerprint density at radius 2 is 1.29 bits per heavy atom. The molecule has 1 aromatic heterocycles. The highest BCUT2D eigenvalue weighted by Crippen LogP contribution is 2.25. The Balaban J connectivity index is 1.41. The van der Waals surface area contributed by atoms with E-state index in [0.29, 0.717) is 5.56 Å². The first kappa shape index (κ1) is 21.3. The minimum Gasteiger partial charge on any atom is -0.267 e. The van der Waals surface area contributed by atoms with Gasteiger partial charge < -0.3 is 0 Å². The summed E-state index contributed by atoms with van der Waals surface area (Å²) in [6, 6.07) is 37.7. The third-order valence-corrected chi connectivity index (χ3v) is 5.77. The summed E-state index contributed by atoms with van der Waals surface area (Å²) < 4.78 is 0. The van der Waals surface area contributed by atoms with Crippen molar-refractivity contribution in [2.24, 2.45) is 5.10 Å². The Morgan fingerprint density at radius 1 is 0.706 bits per heavy atom. The van der Waals surface area contributed by atoms with Crippen LogP contribution in [0.4, 0.5) is 0 Å². The lowest BCUT2D eigenvalue weighted by atomic mass is 10.0. The molecule has 0 aliphatic rings. The van der Waals surface area contributed by atoms with Gasteiger partial charge in [0, 0.05) is 10.9 Å². The van der Waals surface area contributed by atoms with Crippen LogP contribution in [-0.4, -0.2) is 16.6 Å². The highest BCUT2D eigenvalue weighted by Gasteiger charge is 2.14. The summed E-state index contributed by atoms with van der Waals surface area (Å²) in [6.07, 6.45) is 0. The van der Waals surface area contributed by atoms with E-state index < -0.39 is 0 Å². The number of hydrogen-bond donors (Lipinski definition) is 1. The molecular weight excluding hydrogens is 418 g/mol. The van der Waals surface area contributed by atoms with Crippen molar-refractivity contribution in [3.63, 3.8) is 0 Å². The molecule has 0 spiro atoms. The van der Waals surface area contributed by atoms with Crippen LogP contribution in [0.1, 0.15) is 22.8 Å². The predicted octanol–water partition coefficient (Wildman–Crippen LogP) is 6.72. The number of fused-ring (bicyclic) bond motifs is 1. The molecule has 0 fully saturated rings. The molecule has 0 saturated heterocycles. The van der Waals surface area contributed by atoms with Crippen LogP contribution in [0, 0.1) is 0 Å². The van der Waals surface area contributed by atoms with Gasteiger partial charge in [-0.2, -0.15) is 5.10 Å². The zero-order valence-electron chi connectivity index (χ0n) is 18.8. The van der Waals surface area contributed by atoms with Gasteiger partial charge in [-0.25, -0.2) is 10.4 Å². The Hall–Kier alpha value is -4.57. The zero-order chi connectivity index (χ0) is 23.3. The quantitative estimate of drug-likeness (QED) is 0.243. The monoisotopic (exact) mass is 441 g/mol. The summed E-state index contributed by atoms with van der Waals surface area (Å²) in [5.74, 6) is -0.268. The molecule has 1 heterocycles. The van der Waals surface area contributed by atoms with Crippen LogP contribution >= 0.6 is 0 Å². The highest BCUT2D eigenvalue weighted by molar-refractivity contribution is 6.08. The molecule has 0 saturated carbocycles. The number of nitrogens with zero attached hydrogens (tertiary/aromatic N) is 2. The van der Waals surface area contributed by atoms with Gasteiger partial charge in [-0.15, -0.1) is 0 Å². The number of carbonyl (C=O) groups excluding carboxylic acids is 1. The van der Waals surface area contributed by atoms with E-state index >= 15 is 0 Å². The number of para-hydroxylation sites is 1. The van der Waals surface area contributed by atoms with E-state index in [0.717, 1.165) is 44.6 Å². The molecule has 5 aromatic rings. The molecule has 0 bridgehead atoms. The molecule has 164 valence electrons. The van der Waals surface area contributed by atoms with E-state index in [4.69, 9.17) is 4.98 Å². The number of amides is 1. The number of hydrogen-bond acceptors (Lipinski definition) is 3. The van der Waals surface area contributed by atoms with Crippen molar-refractivity contribution >= 4 is 22.5 Å². The number of benzene rings is 4. The first-order valence-electron chi connectivity index (χ1n) is 11.1. The van der Waals surface area contributed by atoms with Crippen molar-refractivity contribution < 1.29 is 4.79 Å². The molecule has 4 heteroatoms. The topological polar surface area (TPSA) is 54.4 Å². The first-order valence-corrected chi connectivity index (χ1v) is 11.1. The lowest BCUT2D eigenvalue weighted by Gasteiger charge is -2.10. The van der Waals surface area contributed by atoms with Crippen LogP contribution in [0.25, 0.3) is 33.3 Å². The molecule has 1 N–H and O–H groups in total. The standard InChI is InChI=1S/C30H23N3O/c1-21(22-16-18-24(19-17-22)23-10-4-2-5-11-23)32-33-30(34)27-20-29(25-12-6-3-7-13-25)31-28-15-9-8-14-26(27)28/h2-20H,1H3,(H,33,34)/b32-21-. The Morgan fingerprint density at radius 3 is 2.00 bits per heavy atom. The summed E-state index contributed by atoms with van der Waals surface area (Å²) in [6.45, 7) is 1.89. The number of nitrogens with one attached hydrogen (secondary N) is 1. The number of carbonyl (C=O) groups is 1. The van der Waals surface area contributed by atoms with E-state index in [-0.39, 0.29) is 5.91 Å². The van der Waals surface area contributed by atoms with Gasteiger partial charge in [0.15, 0.2) is 0 Å². The summed E-state index contributed by atoms with van der Waals surface area (Å²) in [7, 11) is 0. The minimum atomic E-state index is -0.268. The molecular formula is C30H23N3O. The second kappa shape index (κ2) is 9.51. The van der Waals surface area contributed by atoms with Gasteiger partial charge in [-0.05, 0) is 35.7 Å². The molecule has 4 nitrogen and oxygen atoms in total. The van der Waals surface area contributed by atoms with Gasteiger partial charge in [0.1, 0.15) is 0 Å². The molecule has 5 rings (SSSR count). The van der Waals surface area contributed by atoms with Crippen molar-refractivity contribution in [3.8, 4) is 22.4 Å². The third kappa shape index (κ3) is 4.48. The van der Waals surface area contributed by atoms with Crippen molar-refractivity contribution in [3.05, 3.63) is 126 Å².